The van der Waals surface area contributed by atoms with Gasteiger partial charge >= 0.3 is 6.09 Å². The van der Waals surface area contributed by atoms with Gasteiger partial charge in [-0.1, -0.05) is 12.1 Å². The molecule has 1 rings (SSSR count). The topological polar surface area (TPSA) is 50.4 Å². The summed E-state index contributed by atoms with van der Waals surface area (Å²) in [6, 6.07) is 6.11. The summed E-state index contributed by atoms with van der Waals surface area (Å²) < 4.78 is 18.3. The SMILES string of the molecule is CNC(CNC(=O)OC(C)(C)C)c1cccc(F)c1. The third-order valence-corrected chi connectivity index (χ3v) is 2.45. The van der Waals surface area contributed by atoms with Crippen LogP contribution in [0.5, 0.6) is 0 Å². The molecule has 0 saturated heterocycles. The second-order valence-corrected chi connectivity index (χ2v) is 5.28. The zero-order chi connectivity index (χ0) is 14.5. The van der Waals surface area contributed by atoms with Gasteiger partial charge < -0.3 is 15.4 Å². The van der Waals surface area contributed by atoms with Crippen LogP contribution in [0.4, 0.5) is 9.18 Å². The minimum atomic E-state index is -0.530. The Morgan fingerprint density at radius 3 is 2.63 bits per heavy atom. The first-order valence-corrected chi connectivity index (χ1v) is 6.21. The van der Waals surface area contributed by atoms with Crippen LogP contribution in [0.3, 0.4) is 0 Å². The van der Waals surface area contributed by atoms with Gasteiger partial charge in [0.25, 0.3) is 0 Å². The van der Waals surface area contributed by atoms with Gasteiger partial charge in [-0.05, 0) is 45.5 Å². The summed E-state index contributed by atoms with van der Waals surface area (Å²) in [5.74, 6) is -0.296. The minimum absolute atomic E-state index is 0.164. The first-order valence-electron chi connectivity index (χ1n) is 6.21. The van der Waals surface area contributed by atoms with Crippen molar-refractivity contribution < 1.29 is 13.9 Å². The molecule has 0 aliphatic rings. The van der Waals surface area contributed by atoms with Crippen LogP contribution in [-0.2, 0) is 4.74 Å². The van der Waals surface area contributed by atoms with Crippen molar-refractivity contribution in [2.75, 3.05) is 13.6 Å². The number of halogens is 1. The van der Waals surface area contributed by atoms with E-state index in [0.29, 0.717) is 6.54 Å². The number of likely N-dealkylation sites (N-methyl/N-ethyl adjacent to an activating group) is 1. The molecule has 1 unspecified atom stereocenters. The van der Waals surface area contributed by atoms with E-state index in [1.807, 2.05) is 0 Å². The molecular formula is C14H21FN2O2. The standard InChI is InChI=1S/C14H21FN2O2/c1-14(2,3)19-13(18)17-9-12(16-4)10-6-5-7-11(15)8-10/h5-8,12,16H,9H2,1-4H3,(H,17,18). The Kier molecular flexibility index (Phi) is 5.30. The predicted molar refractivity (Wildman–Crippen MR) is 72.4 cm³/mol. The number of carbonyl (C=O) groups excluding carboxylic acids is 1. The lowest BCUT2D eigenvalue weighted by Crippen LogP contribution is -2.37. The van der Waals surface area contributed by atoms with Gasteiger partial charge in [-0.3, -0.25) is 0 Å². The van der Waals surface area contributed by atoms with E-state index in [9.17, 15) is 9.18 Å². The van der Waals surface area contributed by atoms with Gasteiger partial charge in [0, 0.05) is 12.6 Å². The summed E-state index contributed by atoms with van der Waals surface area (Å²) in [5.41, 5.74) is 0.247. The highest BCUT2D eigenvalue weighted by molar-refractivity contribution is 5.67. The average molecular weight is 268 g/mol. The van der Waals surface area contributed by atoms with E-state index in [4.69, 9.17) is 4.74 Å². The van der Waals surface area contributed by atoms with Crippen LogP contribution in [0, 0.1) is 5.82 Å². The molecule has 0 aromatic heterocycles. The summed E-state index contributed by atoms with van der Waals surface area (Å²) in [6.45, 7) is 5.73. The van der Waals surface area contributed by atoms with E-state index >= 15 is 0 Å². The molecule has 2 N–H and O–H groups in total. The number of rotatable bonds is 4. The molecule has 0 aliphatic heterocycles. The molecule has 1 aromatic rings. The molecule has 5 heteroatoms. The zero-order valence-electron chi connectivity index (χ0n) is 11.8. The summed E-state index contributed by atoms with van der Waals surface area (Å²) in [5, 5.41) is 5.69. The Hall–Kier alpha value is -1.62. The molecule has 0 radical (unpaired) electrons. The number of hydrogen-bond donors (Lipinski definition) is 2. The van der Waals surface area contributed by atoms with E-state index in [-0.39, 0.29) is 11.9 Å². The molecule has 0 spiro atoms. The lowest BCUT2D eigenvalue weighted by atomic mass is 10.1. The quantitative estimate of drug-likeness (QED) is 0.882. The number of hydrogen-bond acceptors (Lipinski definition) is 3. The van der Waals surface area contributed by atoms with E-state index in [1.54, 1.807) is 40.0 Å². The highest BCUT2D eigenvalue weighted by Gasteiger charge is 2.17. The van der Waals surface area contributed by atoms with Gasteiger partial charge in [0.2, 0.25) is 0 Å². The largest absolute Gasteiger partial charge is 0.444 e. The van der Waals surface area contributed by atoms with Crippen molar-refractivity contribution in [3.05, 3.63) is 35.6 Å². The van der Waals surface area contributed by atoms with Gasteiger partial charge in [-0.25, -0.2) is 9.18 Å². The van der Waals surface area contributed by atoms with Crippen LogP contribution in [0.1, 0.15) is 32.4 Å². The Morgan fingerprint density at radius 1 is 1.42 bits per heavy atom. The third-order valence-electron chi connectivity index (χ3n) is 2.45. The normalized spacial score (nSPS) is 12.9. The van der Waals surface area contributed by atoms with E-state index in [2.05, 4.69) is 10.6 Å². The maximum Gasteiger partial charge on any atom is 0.407 e. The van der Waals surface area contributed by atoms with Crippen molar-refractivity contribution in [1.29, 1.82) is 0 Å². The van der Waals surface area contributed by atoms with Gasteiger partial charge in [0.15, 0.2) is 0 Å². The van der Waals surface area contributed by atoms with E-state index < -0.39 is 11.7 Å². The molecule has 0 fully saturated rings. The lowest BCUT2D eigenvalue weighted by Gasteiger charge is -2.22. The average Bonchev–Trinajstić information content (AvgIpc) is 2.27. The lowest BCUT2D eigenvalue weighted by molar-refractivity contribution is 0.0523. The highest BCUT2D eigenvalue weighted by atomic mass is 19.1. The smallest absolute Gasteiger partial charge is 0.407 e. The maximum atomic E-state index is 13.1. The summed E-state index contributed by atoms with van der Waals surface area (Å²) >= 11 is 0. The highest BCUT2D eigenvalue weighted by Crippen LogP contribution is 2.13. The second-order valence-electron chi connectivity index (χ2n) is 5.28. The molecule has 19 heavy (non-hydrogen) atoms. The van der Waals surface area contributed by atoms with Crippen molar-refractivity contribution >= 4 is 6.09 Å². The van der Waals surface area contributed by atoms with Gasteiger partial charge in [-0.15, -0.1) is 0 Å². The molecule has 0 bridgehead atoms. The molecule has 1 aromatic carbocycles. The molecule has 106 valence electrons. The Bertz CT molecular complexity index is 430. The Balaban J connectivity index is 2.56. The fourth-order valence-electron chi connectivity index (χ4n) is 1.61. The van der Waals surface area contributed by atoms with Crippen LogP contribution in [-0.4, -0.2) is 25.3 Å². The molecule has 4 nitrogen and oxygen atoms in total. The van der Waals surface area contributed by atoms with E-state index in [0.717, 1.165) is 5.56 Å². The van der Waals surface area contributed by atoms with Crippen molar-refractivity contribution in [3.63, 3.8) is 0 Å². The fourth-order valence-corrected chi connectivity index (χ4v) is 1.61. The fraction of sp³-hybridized carbons (Fsp3) is 0.500. The Labute approximate surface area is 113 Å². The van der Waals surface area contributed by atoms with Crippen molar-refractivity contribution in [3.8, 4) is 0 Å². The van der Waals surface area contributed by atoms with Gasteiger partial charge in [0.05, 0.1) is 0 Å². The number of benzene rings is 1. The number of ether oxygens (including phenoxy) is 1. The number of amides is 1. The second kappa shape index (κ2) is 6.52. The number of nitrogens with one attached hydrogen (secondary N) is 2. The number of carbonyl (C=O) groups is 1. The first kappa shape index (κ1) is 15.4. The van der Waals surface area contributed by atoms with Crippen LogP contribution in [0.2, 0.25) is 0 Å². The van der Waals surface area contributed by atoms with Crippen molar-refractivity contribution in [1.82, 2.24) is 10.6 Å². The third kappa shape index (κ3) is 5.70. The van der Waals surface area contributed by atoms with Gasteiger partial charge in [0.1, 0.15) is 11.4 Å². The maximum absolute atomic E-state index is 13.1. The van der Waals surface area contributed by atoms with E-state index in [1.165, 1.54) is 12.1 Å². The van der Waals surface area contributed by atoms with Gasteiger partial charge in [-0.2, -0.15) is 0 Å². The van der Waals surface area contributed by atoms with Crippen LogP contribution >= 0.6 is 0 Å². The molecule has 1 amide bonds. The number of alkyl carbamates (subject to hydrolysis) is 1. The van der Waals surface area contributed by atoms with Crippen LogP contribution in [0.25, 0.3) is 0 Å². The zero-order valence-corrected chi connectivity index (χ0v) is 11.8. The molecule has 1 atom stereocenters. The predicted octanol–water partition coefficient (Wildman–Crippen LogP) is 2.61. The summed E-state index contributed by atoms with van der Waals surface area (Å²) in [4.78, 5) is 11.5. The summed E-state index contributed by atoms with van der Waals surface area (Å²) in [7, 11) is 1.76. The molecule has 0 saturated carbocycles. The Morgan fingerprint density at radius 2 is 2.11 bits per heavy atom. The monoisotopic (exact) mass is 268 g/mol. The molecular weight excluding hydrogens is 247 g/mol. The van der Waals surface area contributed by atoms with Crippen LogP contribution in [0.15, 0.2) is 24.3 Å². The van der Waals surface area contributed by atoms with Crippen molar-refractivity contribution in [2.24, 2.45) is 0 Å². The molecule has 0 aliphatic carbocycles. The first-order chi connectivity index (χ1) is 8.81. The van der Waals surface area contributed by atoms with Crippen molar-refractivity contribution in [2.45, 2.75) is 32.4 Å². The molecule has 0 heterocycles. The minimum Gasteiger partial charge on any atom is -0.444 e. The van der Waals surface area contributed by atoms with Crippen LogP contribution < -0.4 is 10.6 Å². The summed E-state index contributed by atoms with van der Waals surface area (Å²) in [6.07, 6.45) is -0.482.